The van der Waals surface area contributed by atoms with Crippen LogP contribution >= 0.6 is 0 Å². The minimum absolute atomic E-state index is 0.0109. The third-order valence-electron chi connectivity index (χ3n) is 3.32. The van der Waals surface area contributed by atoms with Crippen molar-refractivity contribution in [1.29, 1.82) is 0 Å². The number of carbonyl (C=O) groups is 1. The first-order valence-corrected chi connectivity index (χ1v) is 6.77. The van der Waals surface area contributed by atoms with E-state index in [1.807, 2.05) is 0 Å². The normalized spacial score (nSPS) is 16.7. The molecule has 0 amide bonds. The molecule has 3 heterocycles. The summed E-state index contributed by atoms with van der Waals surface area (Å²) >= 11 is 0. The largest absolute Gasteiger partial charge is 0.468 e. The van der Waals surface area contributed by atoms with Crippen molar-refractivity contribution in [2.24, 2.45) is 5.73 Å². The molecule has 1 atom stereocenters. The Hall–Kier alpha value is -3.23. The summed E-state index contributed by atoms with van der Waals surface area (Å²) in [4.78, 5) is 40.3. The molecule has 2 aromatic rings. The van der Waals surface area contributed by atoms with Crippen LogP contribution in [0.5, 0.6) is 5.88 Å². The fourth-order valence-corrected chi connectivity index (χ4v) is 2.44. The van der Waals surface area contributed by atoms with Gasteiger partial charge in [0.2, 0.25) is 11.8 Å². The highest BCUT2D eigenvalue weighted by atomic mass is 16.5. The van der Waals surface area contributed by atoms with Gasteiger partial charge in [-0.15, -0.1) is 0 Å². The Kier molecular flexibility index (Phi) is 3.53. The van der Waals surface area contributed by atoms with E-state index in [2.05, 4.69) is 9.97 Å². The molecule has 3 rings (SSSR count). The molecule has 2 aromatic heterocycles. The van der Waals surface area contributed by atoms with Gasteiger partial charge in [-0.3, -0.25) is 14.8 Å². The second-order valence-electron chi connectivity index (χ2n) is 4.70. The third kappa shape index (κ3) is 2.41. The highest BCUT2D eigenvalue weighted by Gasteiger charge is 2.39. The number of nitrogens with two attached hydrogens (primary N) is 1. The van der Waals surface area contributed by atoms with E-state index in [1.165, 1.54) is 6.26 Å². The van der Waals surface area contributed by atoms with Crippen molar-refractivity contribution in [3.63, 3.8) is 0 Å². The first-order chi connectivity index (χ1) is 11.0. The number of rotatable bonds is 3. The lowest BCUT2D eigenvalue weighted by Gasteiger charge is -2.25. The second kappa shape index (κ2) is 5.52. The maximum absolute atomic E-state index is 12.2. The predicted octanol–water partition coefficient (Wildman–Crippen LogP) is -0.0861. The Labute approximate surface area is 128 Å². The lowest BCUT2D eigenvalue weighted by atomic mass is 9.88. The number of hydrogen-bond donors (Lipinski definition) is 3. The van der Waals surface area contributed by atoms with E-state index in [9.17, 15) is 14.4 Å². The minimum Gasteiger partial charge on any atom is -0.468 e. The average molecular weight is 319 g/mol. The Morgan fingerprint density at radius 1 is 1.39 bits per heavy atom. The van der Waals surface area contributed by atoms with Crippen molar-refractivity contribution in [2.45, 2.75) is 12.8 Å². The van der Waals surface area contributed by atoms with Gasteiger partial charge < -0.3 is 19.6 Å². The van der Waals surface area contributed by atoms with Gasteiger partial charge in [-0.05, 0) is 19.1 Å². The number of nitrogens with one attached hydrogen (secondary N) is 2. The van der Waals surface area contributed by atoms with Gasteiger partial charge in [-0.1, -0.05) is 0 Å². The van der Waals surface area contributed by atoms with Crippen LogP contribution in [0.2, 0.25) is 0 Å². The van der Waals surface area contributed by atoms with Crippen LogP contribution in [0.4, 0.5) is 0 Å². The topological polar surface area (TPSA) is 140 Å². The number of carbonyl (C=O) groups excluding carboxylic acids is 1. The van der Waals surface area contributed by atoms with Gasteiger partial charge in [0.15, 0.2) is 0 Å². The van der Waals surface area contributed by atoms with Gasteiger partial charge in [0.1, 0.15) is 11.3 Å². The van der Waals surface area contributed by atoms with Gasteiger partial charge in [0.25, 0.3) is 5.56 Å². The standard InChI is InChI=1S/C14H13N3O6/c1-2-21-13(19)8-7(6-4-3-5-22-6)9-11(18)16-14(20)17-12(9)23-10(8)15/h3-5,7H,2,15H2,1H3,(H2,16,17,18,20)/t7-/m1/s1. The van der Waals surface area contributed by atoms with Crippen molar-refractivity contribution in [2.75, 3.05) is 6.61 Å². The molecule has 0 spiro atoms. The van der Waals surface area contributed by atoms with Crippen molar-refractivity contribution >= 4 is 5.97 Å². The van der Waals surface area contributed by atoms with E-state index in [0.717, 1.165) is 0 Å². The minimum atomic E-state index is -0.951. The van der Waals surface area contributed by atoms with Crippen LogP contribution in [0.3, 0.4) is 0 Å². The van der Waals surface area contributed by atoms with Crippen LogP contribution in [-0.2, 0) is 9.53 Å². The first-order valence-electron chi connectivity index (χ1n) is 6.77. The average Bonchev–Trinajstić information content (AvgIpc) is 2.99. The van der Waals surface area contributed by atoms with Crippen molar-refractivity contribution < 1.29 is 18.7 Å². The molecule has 1 aliphatic heterocycles. The molecule has 9 heteroatoms. The molecule has 0 radical (unpaired) electrons. The summed E-state index contributed by atoms with van der Waals surface area (Å²) in [7, 11) is 0. The van der Waals surface area contributed by atoms with Crippen LogP contribution in [0.15, 0.2) is 43.9 Å². The maximum Gasteiger partial charge on any atom is 0.340 e. The number of fused-ring (bicyclic) bond motifs is 1. The predicted molar refractivity (Wildman–Crippen MR) is 76.7 cm³/mol. The monoisotopic (exact) mass is 319 g/mol. The molecule has 120 valence electrons. The van der Waals surface area contributed by atoms with E-state index < -0.39 is 23.1 Å². The van der Waals surface area contributed by atoms with Gasteiger partial charge in [0, 0.05) is 0 Å². The Bertz CT molecular complexity index is 890. The molecule has 0 bridgehead atoms. The summed E-state index contributed by atoms with van der Waals surface area (Å²) in [6.07, 6.45) is 1.39. The van der Waals surface area contributed by atoms with Crippen molar-refractivity contribution in [1.82, 2.24) is 9.97 Å². The summed E-state index contributed by atoms with van der Waals surface area (Å²) in [5, 5.41) is 0. The molecule has 0 aromatic carbocycles. The maximum atomic E-state index is 12.2. The zero-order valence-electron chi connectivity index (χ0n) is 12.0. The van der Waals surface area contributed by atoms with Crippen LogP contribution < -0.4 is 21.7 Å². The Balaban J connectivity index is 2.26. The SMILES string of the molecule is CCOC(=O)C1=C(N)Oc2[nH]c(=O)[nH]c(=O)c2[C@@H]1c1ccco1. The first kappa shape index (κ1) is 14.7. The summed E-state index contributed by atoms with van der Waals surface area (Å²) in [6.45, 7) is 1.76. The third-order valence-corrected chi connectivity index (χ3v) is 3.32. The molecular weight excluding hydrogens is 306 g/mol. The zero-order valence-corrected chi connectivity index (χ0v) is 12.0. The van der Waals surface area contributed by atoms with E-state index in [-0.39, 0.29) is 35.3 Å². The van der Waals surface area contributed by atoms with E-state index in [1.54, 1.807) is 19.1 Å². The van der Waals surface area contributed by atoms with Gasteiger partial charge in [0.05, 0.1) is 24.4 Å². The second-order valence-corrected chi connectivity index (χ2v) is 4.70. The van der Waals surface area contributed by atoms with Crippen LogP contribution in [0.25, 0.3) is 0 Å². The van der Waals surface area contributed by atoms with Crippen LogP contribution in [0.1, 0.15) is 24.2 Å². The Morgan fingerprint density at radius 2 is 2.17 bits per heavy atom. The number of aromatic amines is 2. The number of esters is 1. The highest BCUT2D eigenvalue weighted by Crippen LogP contribution is 2.39. The van der Waals surface area contributed by atoms with Crippen LogP contribution in [-0.4, -0.2) is 22.5 Å². The van der Waals surface area contributed by atoms with Crippen molar-refractivity contribution in [3.8, 4) is 5.88 Å². The van der Waals surface area contributed by atoms with Crippen molar-refractivity contribution in [3.05, 3.63) is 62.0 Å². The molecule has 0 unspecified atom stereocenters. The number of aromatic nitrogens is 2. The molecule has 0 saturated carbocycles. The van der Waals surface area contributed by atoms with E-state index in [4.69, 9.17) is 19.6 Å². The molecule has 23 heavy (non-hydrogen) atoms. The zero-order chi connectivity index (χ0) is 16.6. The number of H-pyrrole nitrogens is 2. The number of furan rings is 1. The smallest absolute Gasteiger partial charge is 0.340 e. The quantitative estimate of drug-likeness (QED) is 0.672. The molecule has 0 aliphatic carbocycles. The number of hydrogen-bond acceptors (Lipinski definition) is 7. The number of ether oxygens (including phenoxy) is 2. The van der Waals surface area contributed by atoms with Gasteiger partial charge in [-0.2, -0.15) is 0 Å². The summed E-state index contributed by atoms with van der Waals surface area (Å²) in [5.41, 5.74) is 4.29. The van der Waals surface area contributed by atoms with Gasteiger partial charge >= 0.3 is 11.7 Å². The van der Waals surface area contributed by atoms with E-state index >= 15 is 0 Å². The van der Waals surface area contributed by atoms with Crippen LogP contribution in [0, 0.1) is 0 Å². The molecule has 0 saturated heterocycles. The summed E-state index contributed by atoms with van der Waals surface area (Å²) < 4.78 is 15.5. The molecule has 0 fully saturated rings. The molecule has 4 N–H and O–H groups in total. The molecule has 9 nitrogen and oxygen atoms in total. The lowest BCUT2D eigenvalue weighted by molar-refractivity contribution is -0.139. The fourth-order valence-electron chi connectivity index (χ4n) is 2.44. The molecular formula is C14H13N3O6. The summed E-state index contributed by atoms with van der Waals surface area (Å²) in [5.74, 6) is -1.79. The Morgan fingerprint density at radius 3 is 2.83 bits per heavy atom. The highest BCUT2D eigenvalue weighted by molar-refractivity contribution is 5.92. The van der Waals surface area contributed by atoms with E-state index in [0.29, 0.717) is 0 Å². The fraction of sp³-hybridized carbons (Fsp3) is 0.214. The van der Waals surface area contributed by atoms with Gasteiger partial charge in [-0.25, -0.2) is 9.59 Å². The summed E-state index contributed by atoms with van der Waals surface area (Å²) in [6, 6.07) is 3.18. The lowest BCUT2D eigenvalue weighted by Crippen LogP contribution is -2.35. The molecule has 1 aliphatic rings.